The summed E-state index contributed by atoms with van der Waals surface area (Å²) in [5, 5.41) is 19.1. The molecule has 0 fully saturated rings. The number of hydrogen-bond donors (Lipinski definition) is 1. The highest BCUT2D eigenvalue weighted by molar-refractivity contribution is 5.89. The van der Waals surface area contributed by atoms with Gasteiger partial charge < -0.3 is 5.11 Å². The largest absolute Gasteiger partial charge is 0.507 e. The Balaban J connectivity index is 2.57. The highest BCUT2D eigenvalue weighted by atomic mass is 16.3. The molecule has 0 aliphatic heterocycles. The van der Waals surface area contributed by atoms with E-state index in [0.29, 0.717) is 0 Å². The van der Waals surface area contributed by atoms with Gasteiger partial charge in [0.15, 0.2) is 5.65 Å². The number of nitrogens with zero attached hydrogens (tertiary/aromatic N) is 3. The number of pyridine rings is 1. The van der Waals surface area contributed by atoms with Gasteiger partial charge in [-0.1, -0.05) is 12.1 Å². The van der Waals surface area contributed by atoms with Crippen molar-refractivity contribution in [3.63, 3.8) is 0 Å². The van der Waals surface area contributed by atoms with Crippen LogP contribution in [0.2, 0.25) is 0 Å². The smallest absolute Gasteiger partial charge is 0.161 e. The average Bonchev–Trinajstić information content (AvgIpc) is 2.62. The molecule has 0 saturated carbocycles. The maximum Gasteiger partial charge on any atom is 0.161 e. The van der Waals surface area contributed by atoms with E-state index in [1.807, 2.05) is 24.4 Å². The fourth-order valence-corrected chi connectivity index (χ4v) is 1.57. The number of phenolic OH excluding ortho intramolecular Hbond substituents is 1. The quantitative estimate of drug-likeness (QED) is 0.578. The molecule has 3 rings (SSSR count). The summed E-state index contributed by atoms with van der Waals surface area (Å²) in [5.74, 6) is 0.276. The lowest BCUT2D eigenvalue weighted by Crippen LogP contribution is -1.83. The fourth-order valence-electron chi connectivity index (χ4n) is 1.57. The molecule has 4 heteroatoms. The third kappa shape index (κ3) is 0.877. The topological polar surface area (TPSA) is 50.4 Å². The molecule has 1 aromatic carbocycles. The van der Waals surface area contributed by atoms with Crippen LogP contribution in [-0.4, -0.2) is 19.7 Å². The third-order valence-corrected chi connectivity index (χ3v) is 2.27. The first-order valence-corrected chi connectivity index (χ1v) is 4.26. The molecule has 3 aromatic rings. The molecule has 1 N–H and O–H groups in total. The predicted octanol–water partition coefficient (Wildman–Crippen LogP) is 1.59. The highest BCUT2D eigenvalue weighted by Gasteiger charge is 2.01. The lowest BCUT2D eigenvalue weighted by molar-refractivity contribution is 0.481. The molecule has 0 amide bonds. The first-order valence-electron chi connectivity index (χ1n) is 4.26. The van der Waals surface area contributed by atoms with E-state index in [2.05, 4.69) is 10.2 Å². The van der Waals surface area contributed by atoms with Crippen molar-refractivity contribution in [2.75, 3.05) is 0 Å². The molecule has 0 spiro atoms. The van der Waals surface area contributed by atoms with Gasteiger partial charge in [-0.05, 0) is 17.5 Å². The van der Waals surface area contributed by atoms with Crippen LogP contribution < -0.4 is 0 Å². The van der Waals surface area contributed by atoms with E-state index in [1.165, 1.54) is 0 Å². The average molecular weight is 185 g/mol. The van der Waals surface area contributed by atoms with E-state index in [9.17, 15) is 5.11 Å². The summed E-state index contributed by atoms with van der Waals surface area (Å²) in [4.78, 5) is 0. The molecule has 0 atom stereocenters. The fraction of sp³-hybridized carbons (Fsp3) is 0. The zero-order valence-electron chi connectivity index (χ0n) is 7.25. The normalized spacial score (nSPS) is 11.1. The van der Waals surface area contributed by atoms with Crippen molar-refractivity contribution in [2.45, 2.75) is 0 Å². The van der Waals surface area contributed by atoms with E-state index in [-0.39, 0.29) is 5.75 Å². The lowest BCUT2D eigenvalue weighted by Gasteiger charge is -2.00. The Morgan fingerprint density at radius 1 is 1.29 bits per heavy atom. The van der Waals surface area contributed by atoms with Crippen LogP contribution in [0.3, 0.4) is 0 Å². The maximum absolute atomic E-state index is 9.61. The Hall–Kier alpha value is -2.10. The summed E-state index contributed by atoms with van der Waals surface area (Å²) < 4.78 is 1.78. The van der Waals surface area contributed by atoms with E-state index in [0.717, 1.165) is 16.4 Å². The second kappa shape index (κ2) is 2.45. The minimum Gasteiger partial charge on any atom is -0.507 e. The van der Waals surface area contributed by atoms with Crippen molar-refractivity contribution in [3.8, 4) is 5.75 Å². The molecule has 0 aliphatic carbocycles. The van der Waals surface area contributed by atoms with Crippen LogP contribution in [0.25, 0.3) is 16.4 Å². The van der Waals surface area contributed by atoms with Gasteiger partial charge in [0.25, 0.3) is 0 Å². The molecule has 4 nitrogen and oxygen atoms in total. The van der Waals surface area contributed by atoms with Crippen LogP contribution in [0.5, 0.6) is 5.75 Å². The monoisotopic (exact) mass is 185 g/mol. The number of fused-ring (bicyclic) bond motifs is 2. The molecule has 0 bridgehead atoms. The summed E-state index contributed by atoms with van der Waals surface area (Å²) in [5.41, 5.74) is 0.781. The minimum atomic E-state index is 0.276. The Morgan fingerprint density at radius 3 is 3.14 bits per heavy atom. The van der Waals surface area contributed by atoms with E-state index < -0.39 is 0 Å². The van der Waals surface area contributed by atoms with Gasteiger partial charge in [0.1, 0.15) is 12.1 Å². The van der Waals surface area contributed by atoms with Crippen molar-refractivity contribution in [1.29, 1.82) is 0 Å². The zero-order valence-corrected chi connectivity index (χ0v) is 7.25. The highest BCUT2D eigenvalue weighted by Crippen LogP contribution is 2.24. The van der Waals surface area contributed by atoms with Gasteiger partial charge in [0.05, 0.1) is 0 Å². The number of aromatic hydroxyl groups is 1. The zero-order chi connectivity index (χ0) is 9.54. The van der Waals surface area contributed by atoms with Crippen LogP contribution in [0, 0.1) is 0 Å². The van der Waals surface area contributed by atoms with Crippen LogP contribution in [-0.2, 0) is 0 Å². The van der Waals surface area contributed by atoms with E-state index in [4.69, 9.17) is 0 Å². The Labute approximate surface area is 79.4 Å². The molecule has 2 heterocycles. The SMILES string of the molecule is Oc1cccc2cc3nncn3cc12. The van der Waals surface area contributed by atoms with Crippen molar-refractivity contribution in [1.82, 2.24) is 14.6 Å². The van der Waals surface area contributed by atoms with Gasteiger partial charge >= 0.3 is 0 Å². The van der Waals surface area contributed by atoms with Crippen molar-refractivity contribution in [2.24, 2.45) is 0 Å². The summed E-state index contributed by atoms with van der Waals surface area (Å²) in [7, 11) is 0. The molecular formula is C10H7N3O. The Morgan fingerprint density at radius 2 is 2.21 bits per heavy atom. The molecular weight excluding hydrogens is 178 g/mol. The summed E-state index contributed by atoms with van der Waals surface area (Å²) in [6, 6.07) is 7.30. The van der Waals surface area contributed by atoms with Crippen molar-refractivity contribution >= 4 is 16.4 Å². The van der Waals surface area contributed by atoms with E-state index >= 15 is 0 Å². The van der Waals surface area contributed by atoms with Crippen molar-refractivity contribution < 1.29 is 5.11 Å². The second-order valence-corrected chi connectivity index (χ2v) is 3.15. The summed E-state index contributed by atoms with van der Waals surface area (Å²) >= 11 is 0. The first kappa shape index (κ1) is 7.32. The number of aromatic nitrogens is 3. The van der Waals surface area contributed by atoms with Gasteiger partial charge in [-0.2, -0.15) is 0 Å². The molecule has 0 aliphatic rings. The third-order valence-electron chi connectivity index (χ3n) is 2.27. The number of rotatable bonds is 0. The summed E-state index contributed by atoms with van der Waals surface area (Å²) in [6.07, 6.45) is 3.43. The van der Waals surface area contributed by atoms with Crippen LogP contribution in [0.4, 0.5) is 0 Å². The molecule has 2 aromatic heterocycles. The maximum atomic E-state index is 9.61. The first-order chi connectivity index (χ1) is 6.84. The standard InChI is InChI=1S/C10H7N3O/c14-9-3-1-2-7-4-10-12-11-6-13(10)5-8(7)9/h1-6,14H. The van der Waals surface area contributed by atoms with Gasteiger partial charge in [-0.15, -0.1) is 10.2 Å². The molecule has 0 saturated heterocycles. The molecule has 68 valence electrons. The number of phenols is 1. The Kier molecular flexibility index (Phi) is 1.28. The minimum absolute atomic E-state index is 0.276. The van der Waals surface area contributed by atoms with Gasteiger partial charge in [0.2, 0.25) is 0 Å². The molecule has 0 unspecified atom stereocenters. The van der Waals surface area contributed by atoms with E-state index in [1.54, 1.807) is 16.8 Å². The van der Waals surface area contributed by atoms with Gasteiger partial charge in [-0.3, -0.25) is 4.40 Å². The predicted molar refractivity (Wildman–Crippen MR) is 52.2 cm³/mol. The number of hydrogen-bond acceptors (Lipinski definition) is 3. The Bertz CT molecular complexity index is 615. The second-order valence-electron chi connectivity index (χ2n) is 3.15. The van der Waals surface area contributed by atoms with Crippen LogP contribution in [0.15, 0.2) is 36.8 Å². The van der Waals surface area contributed by atoms with Crippen LogP contribution >= 0.6 is 0 Å². The van der Waals surface area contributed by atoms with Crippen molar-refractivity contribution in [3.05, 3.63) is 36.8 Å². The lowest BCUT2D eigenvalue weighted by atomic mass is 10.1. The summed E-state index contributed by atoms with van der Waals surface area (Å²) in [6.45, 7) is 0. The van der Waals surface area contributed by atoms with Gasteiger partial charge in [-0.25, -0.2) is 0 Å². The molecule has 14 heavy (non-hydrogen) atoms. The molecule has 0 radical (unpaired) electrons. The van der Waals surface area contributed by atoms with Crippen LogP contribution in [0.1, 0.15) is 0 Å². The van der Waals surface area contributed by atoms with Gasteiger partial charge in [0, 0.05) is 11.6 Å². The number of benzene rings is 1.